The van der Waals surface area contributed by atoms with Crippen molar-refractivity contribution in [2.75, 3.05) is 19.7 Å². The molecule has 1 unspecified atom stereocenters. The van der Waals surface area contributed by atoms with Crippen LogP contribution in [0.2, 0.25) is 0 Å². The number of alkyl carbamates (subject to hydrolysis) is 1. The summed E-state index contributed by atoms with van der Waals surface area (Å²) in [6, 6.07) is -0.374. The number of rotatable bonds is 3. The zero-order valence-electron chi connectivity index (χ0n) is 15.7. The van der Waals surface area contributed by atoms with Crippen molar-refractivity contribution >= 4 is 12.2 Å². The Morgan fingerprint density at radius 1 is 1.08 bits per heavy atom. The van der Waals surface area contributed by atoms with E-state index in [2.05, 4.69) is 5.32 Å². The molecule has 0 spiro atoms. The molecule has 0 saturated carbocycles. The summed E-state index contributed by atoms with van der Waals surface area (Å²) < 4.78 is 10.6. The highest BCUT2D eigenvalue weighted by molar-refractivity contribution is 5.69. The standard InChI is InChI=1S/C17H32N2O5/c1-16(2,3)23-14(21)18-13(11-20)12-7-9-19(10-8-12)15(22)24-17(4,5)6/h12-13,20H,7-11H2,1-6H3,(H,18,21). The maximum atomic E-state index is 12.1. The molecule has 1 atom stereocenters. The van der Waals surface area contributed by atoms with Crippen LogP contribution in [0.1, 0.15) is 54.4 Å². The highest BCUT2D eigenvalue weighted by atomic mass is 16.6. The summed E-state index contributed by atoms with van der Waals surface area (Å²) in [6.07, 6.45) is 0.540. The number of hydrogen-bond acceptors (Lipinski definition) is 5. The number of ether oxygens (including phenoxy) is 2. The van der Waals surface area contributed by atoms with E-state index in [4.69, 9.17) is 9.47 Å². The normalized spacial score (nSPS) is 18.0. The van der Waals surface area contributed by atoms with Crippen molar-refractivity contribution in [3.63, 3.8) is 0 Å². The molecule has 2 amide bonds. The molecule has 1 rings (SSSR count). The molecule has 140 valence electrons. The topological polar surface area (TPSA) is 88.1 Å². The molecule has 0 aromatic heterocycles. The van der Waals surface area contributed by atoms with Gasteiger partial charge in [0.1, 0.15) is 11.2 Å². The van der Waals surface area contributed by atoms with Gasteiger partial charge in [0, 0.05) is 13.1 Å². The van der Waals surface area contributed by atoms with Gasteiger partial charge in [-0.3, -0.25) is 0 Å². The number of aliphatic hydroxyl groups excluding tert-OH is 1. The third-order valence-electron chi connectivity index (χ3n) is 3.66. The average molecular weight is 344 g/mol. The van der Waals surface area contributed by atoms with Crippen molar-refractivity contribution in [3.05, 3.63) is 0 Å². The summed E-state index contributed by atoms with van der Waals surface area (Å²) in [5, 5.41) is 12.3. The molecule has 0 aromatic rings. The number of piperidine rings is 1. The van der Waals surface area contributed by atoms with Crippen LogP contribution < -0.4 is 5.32 Å². The smallest absolute Gasteiger partial charge is 0.410 e. The molecule has 1 aliphatic rings. The van der Waals surface area contributed by atoms with Crippen molar-refractivity contribution in [2.24, 2.45) is 5.92 Å². The first-order valence-electron chi connectivity index (χ1n) is 8.49. The first-order valence-corrected chi connectivity index (χ1v) is 8.49. The van der Waals surface area contributed by atoms with Crippen LogP contribution in [0, 0.1) is 5.92 Å². The summed E-state index contributed by atoms with van der Waals surface area (Å²) in [6.45, 7) is 11.8. The minimum absolute atomic E-state index is 0.0983. The molecule has 0 aliphatic carbocycles. The van der Waals surface area contributed by atoms with E-state index in [9.17, 15) is 14.7 Å². The van der Waals surface area contributed by atoms with Crippen molar-refractivity contribution in [1.29, 1.82) is 0 Å². The van der Waals surface area contributed by atoms with Gasteiger partial charge in [-0.05, 0) is 60.3 Å². The van der Waals surface area contributed by atoms with E-state index >= 15 is 0 Å². The second-order valence-corrected chi connectivity index (χ2v) is 8.24. The van der Waals surface area contributed by atoms with E-state index in [1.807, 2.05) is 20.8 Å². The van der Waals surface area contributed by atoms with Crippen LogP contribution in [0.4, 0.5) is 9.59 Å². The third-order valence-corrected chi connectivity index (χ3v) is 3.66. The van der Waals surface area contributed by atoms with Crippen molar-refractivity contribution in [1.82, 2.24) is 10.2 Å². The van der Waals surface area contributed by atoms with Crippen molar-refractivity contribution in [2.45, 2.75) is 71.6 Å². The average Bonchev–Trinajstić information content (AvgIpc) is 2.41. The van der Waals surface area contributed by atoms with Crippen LogP contribution in [-0.2, 0) is 9.47 Å². The minimum Gasteiger partial charge on any atom is -0.444 e. The molecule has 0 radical (unpaired) electrons. The van der Waals surface area contributed by atoms with Gasteiger partial charge in [0.25, 0.3) is 0 Å². The molecule has 1 saturated heterocycles. The summed E-state index contributed by atoms with van der Waals surface area (Å²) >= 11 is 0. The molecule has 1 fully saturated rings. The van der Waals surface area contributed by atoms with Gasteiger partial charge >= 0.3 is 12.2 Å². The molecule has 1 heterocycles. The highest BCUT2D eigenvalue weighted by Crippen LogP contribution is 2.23. The molecule has 0 aromatic carbocycles. The van der Waals surface area contributed by atoms with Gasteiger partial charge in [0.15, 0.2) is 0 Å². The van der Waals surface area contributed by atoms with Gasteiger partial charge in [-0.1, -0.05) is 0 Å². The molecule has 7 nitrogen and oxygen atoms in total. The van der Waals surface area contributed by atoms with Gasteiger partial charge in [-0.15, -0.1) is 0 Å². The van der Waals surface area contributed by atoms with E-state index in [0.29, 0.717) is 25.9 Å². The largest absolute Gasteiger partial charge is 0.444 e. The molecular formula is C17H32N2O5. The van der Waals surface area contributed by atoms with Gasteiger partial charge in [0.2, 0.25) is 0 Å². The quantitative estimate of drug-likeness (QED) is 0.821. The van der Waals surface area contributed by atoms with Gasteiger partial charge in [0.05, 0.1) is 12.6 Å². The second-order valence-electron chi connectivity index (χ2n) is 8.24. The van der Waals surface area contributed by atoms with Crippen LogP contribution in [0.25, 0.3) is 0 Å². The Morgan fingerprint density at radius 2 is 1.58 bits per heavy atom. The lowest BCUT2D eigenvalue weighted by Gasteiger charge is -2.36. The van der Waals surface area contributed by atoms with Crippen molar-refractivity contribution in [3.8, 4) is 0 Å². The first kappa shape index (κ1) is 20.5. The Labute approximate surface area is 144 Å². The summed E-state index contributed by atoms with van der Waals surface area (Å²) in [5.41, 5.74) is -1.09. The van der Waals surface area contributed by atoms with E-state index < -0.39 is 17.3 Å². The Hall–Kier alpha value is -1.50. The Morgan fingerprint density at radius 3 is 2.00 bits per heavy atom. The van der Waals surface area contributed by atoms with Crippen LogP contribution in [0.5, 0.6) is 0 Å². The maximum Gasteiger partial charge on any atom is 0.410 e. The third kappa shape index (κ3) is 7.38. The fraction of sp³-hybridized carbons (Fsp3) is 0.882. The SMILES string of the molecule is CC(C)(C)OC(=O)NC(CO)C1CCN(C(=O)OC(C)(C)C)CC1. The number of nitrogens with one attached hydrogen (secondary N) is 1. The first-order chi connectivity index (χ1) is 10.9. The van der Waals surface area contributed by atoms with E-state index in [0.717, 1.165) is 0 Å². The number of carbonyl (C=O) groups is 2. The number of nitrogens with zero attached hydrogens (tertiary/aromatic N) is 1. The number of aliphatic hydroxyl groups is 1. The Kier molecular flexibility index (Phi) is 6.89. The van der Waals surface area contributed by atoms with Crippen LogP contribution in [0.15, 0.2) is 0 Å². The molecule has 2 N–H and O–H groups in total. The predicted molar refractivity (Wildman–Crippen MR) is 90.8 cm³/mol. The number of hydrogen-bond donors (Lipinski definition) is 2. The zero-order chi connectivity index (χ0) is 18.5. The summed E-state index contributed by atoms with van der Waals surface area (Å²) in [5.74, 6) is 0.0983. The maximum absolute atomic E-state index is 12.1. The van der Waals surface area contributed by atoms with Crippen LogP contribution in [-0.4, -0.2) is 59.1 Å². The lowest BCUT2D eigenvalue weighted by atomic mass is 9.90. The highest BCUT2D eigenvalue weighted by Gasteiger charge is 2.31. The van der Waals surface area contributed by atoms with Gasteiger partial charge < -0.3 is 24.8 Å². The summed E-state index contributed by atoms with van der Waals surface area (Å²) in [4.78, 5) is 25.6. The van der Waals surface area contributed by atoms with Crippen LogP contribution in [0.3, 0.4) is 0 Å². The van der Waals surface area contributed by atoms with Gasteiger partial charge in [-0.2, -0.15) is 0 Å². The molecule has 0 bridgehead atoms. The fourth-order valence-electron chi connectivity index (χ4n) is 2.58. The van der Waals surface area contributed by atoms with E-state index in [-0.39, 0.29) is 24.7 Å². The zero-order valence-corrected chi connectivity index (χ0v) is 15.7. The second kappa shape index (κ2) is 8.05. The van der Waals surface area contributed by atoms with Crippen LogP contribution >= 0.6 is 0 Å². The molecule has 1 aliphatic heterocycles. The predicted octanol–water partition coefficient (Wildman–Crippen LogP) is 2.52. The van der Waals surface area contributed by atoms with E-state index in [1.54, 1.807) is 25.7 Å². The lowest BCUT2D eigenvalue weighted by molar-refractivity contribution is 0.0138. The minimum atomic E-state index is -0.579. The Bertz CT molecular complexity index is 431. The monoisotopic (exact) mass is 344 g/mol. The fourth-order valence-corrected chi connectivity index (χ4v) is 2.58. The lowest BCUT2D eigenvalue weighted by Crippen LogP contribution is -2.50. The molecule has 7 heteroatoms. The number of amides is 2. The Balaban J connectivity index is 2.49. The molecular weight excluding hydrogens is 312 g/mol. The number of carbonyl (C=O) groups excluding carboxylic acids is 2. The van der Waals surface area contributed by atoms with E-state index in [1.165, 1.54) is 0 Å². The molecule has 24 heavy (non-hydrogen) atoms. The number of likely N-dealkylation sites (tertiary alicyclic amines) is 1. The van der Waals surface area contributed by atoms with Crippen molar-refractivity contribution < 1.29 is 24.2 Å². The van der Waals surface area contributed by atoms with Gasteiger partial charge in [-0.25, -0.2) is 9.59 Å². The summed E-state index contributed by atoms with van der Waals surface area (Å²) in [7, 11) is 0.